The molecular weight excluding hydrogens is 450 g/mol. The number of carbonyl (C=O) groups is 2. The quantitative estimate of drug-likeness (QED) is 0.497. The number of rotatable bonds is 4. The van der Waals surface area contributed by atoms with Crippen molar-refractivity contribution < 1.29 is 14.3 Å². The average Bonchev–Trinajstić information content (AvgIpc) is 3.17. The minimum absolute atomic E-state index is 0.0871. The van der Waals surface area contributed by atoms with Gasteiger partial charge in [0.05, 0.1) is 19.2 Å². The van der Waals surface area contributed by atoms with Crippen LogP contribution in [-0.2, 0) is 11.3 Å². The molecule has 1 aromatic heterocycles. The summed E-state index contributed by atoms with van der Waals surface area (Å²) < 4.78 is 7.46. The molecule has 36 heavy (non-hydrogen) atoms. The van der Waals surface area contributed by atoms with Crippen LogP contribution in [0.25, 0.3) is 10.9 Å². The van der Waals surface area contributed by atoms with Gasteiger partial charge in [-0.2, -0.15) is 0 Å². The Kier molecular flexibility index (Phi) is 6.54. The molecule has 2 aliphatic rings. The first kappa shape index (κ1) is 24.4. The highest BCUT2D eigenvalue weighted by molar-refractivity contribution is 6.14. The second-order valence-corrected chi connectivity index (χ2v) is 10.8. The molecule has 1 aliphatic heterocycles. The zero-order chi connectivity index (χ0) is 25.4. The molecule has 0 unspecified atom stereocenters. The van der Waals surface area contributed by atoms with Crippen LogP contribution in [0.3, 0.4) is 0 Å². The van der Waals surface area contributed by atoms with Crippen molar-refractivity contribution in [3.05, 3.63) is 59.3 Å². The Morgan fingerprint density at radius 3 is 2.31 bits per heavy atom. The van der Waals surface area contributed by atoms with Crippen LogP contribution in [0, 0.1) is 13.8 Å². The van der Waals surface area contributed by atoms with E-state index < -0.39 is 5.54 Å². The summed E-state index contributed by atoms with van der Waals surface area (Å²) in [6, 6.07) is 14.0. The highest BCUT2D eigenvalue weighted by Gasteiger charge is 2.49. The lowest BCUT2D eigenvalue weighted by atomic mass is 9.91. The minimum atomic E-state index is -1.08. The number of ether oxygens (including phenoxy) is 1. The largest absolute Gasteiger partial charge is 0.497 e. The van der Waals surface area contributed by atoms with Gasteiger partial charge in [-0.3, -0.25) is 14.5 Å². The SMILES string of the molecule is COc1ccc2cc3n(c2c1)C[C@@](C)(C(=O)NC1CCCCCCC1)N(c1cc(C)cc(C)c1)C3=O. The van der Waals surface area contributed by atoms with Crippen LogP contribution < -0.4 is 15.0 Å². The number of carbonyl (C=O) groups excluding carboxylic acids is 2. The Morgan fingerprint density at radius 1 is 0.972 bits per heavy atom. The van der Waals surface area contributed by atoms with Gasteiger partial charge in [0.25, 0.3) is 5.91 Å². The van der Waals surface area contributed by atoms with Crippen molar-refractivity contribution in [3.8, 4) is 5.75 Å². The lowest BCUT2D eigenvalue weighted by Gasteiger charge is -2.45. The number of benzene rings is 2. The standard InChI is InChI=1S/C30H37N3O3/c1-20-14-21(2)16-24(15-20)33-28(34)27-17-22-12-13-25(36-4)18-26(22)32(27)19-30(33,3)29(35)31-23-10-8-6-5-7-9-11-23/h12-18,23H,5-11,19H2,1-4H3,(H,31,35)/t30-/m0/s1. The van der Waals surface area contributed by atoms with E-state index in [0.717, 1.165) is 59.2 Å². The van der Waals surface area contributed by atoms with E-state index >= 15 is 0 Å². The Labute approximate surface area is 213 Å². The number of nitrogens with zero attached hydrogens (tertiary/aromatic N) is 2. The molecule has 0 saturated heterocycles. The summed E-state index contributed by atoms with van der Waals surface area (Å²) in [5, 5.41) is 4.33. The minimum Gasteiger partial charge on any atom is -0.497 e. The summed E-state index contributed by atoms with van der Waals surface area (Å²) in [6.07, 6.45) is 7.97. The summed E-state index contributed by atoms with van der Waals surface area (Å²) >= 11 is 0. The molecule has 2 aromatic carbocycles. The van der Waals surface area contributed by atoms with Crippen molar-refractivity contribution in [3.63, 3.8) is 0 Å². The predicted molar refractivity (Wildman–Crippen MR) is 144 cm³/mol. The van der Waals surface area contributed by atoms with Gasteiger partial charge >= 0.3 is 0 Å². The fourth-order valence-electron chi connectivity index (χ4n) is 6.02. The first-order valence-corrected chi connectivity index (χ1v) is 13.2. The van der Waals surface area contributed by atoms with E-state index in [1.165, 1.54) is 19.3 Å². The molecule has 6 heteroatoms. The zero-order valence-corrected chi connectivity index (χ0v) is 21.9. The molecule has 1 atom stereocenters. The second kappa shape index (κ2) is 9.64. The lowest BCUT2D eigenvalue weighted by molar-refractivity contribution is -0.127. The third-order valence-corrected chi connectivity index (χ3v) is 7.89. The second-order valence-electron chi connectivity index (χ2n) is 10.8. The highest BCUT2D eigenvalue weighted by Crippen LogP contribution is 2.37. The van der Waals surface area contributed by atoms with E-state index in [-0.39, 0.29) is 17.9 Å². The summed E-state index contributed by atoms with van der Waals surface area (Å²) in [6.45, 7) is 6.34. The number of fused-ring (bicyclic) bond motifs is 3. The highest BCUT2D eigenvalue weighted by atomic mass is 16.5. The van der Waals surface area contributed by atoms with Crippen LogP contribution >= 0.6 is 0 Å². The number of hydrogen-bond acceptors (Lipinski definition) is 3. The van der Waals surface area contributed by atoms with Crippen molar-refractivity contribution in [2.24, 2.45) is 0 Å². The summed E-state index contributed by atoms with van der Waals surface area (Å²) in [5.41, 5.74) is 3.31. The first-order valence-electron chi connectivity index (χ1n) is 13.2. The van der Waals surface area contributed by atoms with Gasteiger partial charge in [-0.15, -0.1) is 0 Å². The number of methoxy groups -OCH3 is 1. The van der Waals surface area contributed by atoms with Gasteiger partial charge in [-0.1, -0.05) is 38.2 Å². The number of amides is 2. The van der Waals surface area contributed by atoms with Crippen LogP contribution in [0.2, 0.25) is 0 Å². The number of aryl methyl sites for hydroxylation is 2. The smallest absolute Gasteiger partial charge is 0.275 e. The molecule has 0 radical (unpaired) electrons. The van der Waals surface area contributed by atoms with Crippen molar-refractivity contribution in [2.75, 3.05) is 12.0 Å². The molecule has 1 fully saturated rings. The Hall–Kier alpha value is -3.28. The zero-order valence-electron chi connectivity index (χ0n) is 21.9. The average molecular weight is 488 g/mol. The van der Waals surface area contributed by atoms with Crippen molar-refractivity contribution >= 4 is 28.4 Å². The third kappa shape index (κ3) is 4.38. The molecule has 3 aromatic rings. The fourth-order valence-corrected chi connectivity index (χ4v) is 6.02. The molecular formula is C30H37N3O3. The van der Waals surface area contributed by atoms with Gasteiger partial charge < -0.3 is 14.6 Å². The van der Waals surface area contributed by atoms with Crippen LogP contribution in [0.15, 0.2) is 42.5 Å². The van der Waals surface area contributed by atoms with E-state index in [1.807, 2.05) is 61.7 Å². The number of aromatic nitrogens is 1. The molecule has 190 valence electrons. The van der Waals surface area contributed by atoms with Crippen LogP contribution in [-0.4, -0.2) is 35.1 Å². The number of hydrogen-bond donors (Lipinski definition) is 1. The molecule has 1 saturated carbocycles. The maximum atomic E-state index is 14.2. The molecule has 1 aliphatic carbocycles. The van der Waals surface area contributed by atoms with E-state index in [0.29, 0.717) is 12.2 Å². The van der Waals surface area contributed by atoms with Gasteiger partial charge in [0, 0.05) is 23.2 Å². The fraction of sp³-hybridized carbons (Fsp3) is 0.467. The predicted octanol–water partition coefficient (Wildman–Crippen LogP) is 5.91. The van der Waals surface area contributed by atoms with Crippen molar-refractivity contribution in [1.82, 2.24) is 9.88 Å². The summed E-state index contributed by atoms with van der Waals surface area (Å²) in [7, 11) is 1.64. The van der Waals surface area contributed by atoms with Gasteiger partial charge in [-0.25, -0.2) is 0 Å². The van der Waals surface area contributed by atoms with E-state index in [4.69, 9.17) is 4.74 Å². The molecule has 0 spiro atoms. The van der Waals surface area contributed by atoms with Crippen molar-refractivity contribution in [2.45, 2.75) is 83.8 Å². The molecule has 2 amide bonds. The Bertz CT molecular complexity index is 1280. The lowest BCUT2D eigenvalue weighted by Crippen LogP contribution is -2.65. The number of anilines is 1. The summed E-state index contributed by atoms with van der Waals surface area (Å²) in [4.78, 5) is 30.0. The topological polar surface area (TPSA) is 63.6 Å². The maximum absolute atomic E-state index is 14.2. The Morgan fingerprint density at radius 2 is 1.64 bits per heavy atom. The first-order chi connectivity index (χ1) is 17.3. The van der Waals surface area contributed by atoms with Gasteiger partial charge in [0.2, 0.25) is 5.91 Å². The van der Waals surface area contributed by atoms with Crippen molar-refractivity contribution in [1.29, 1.82) is 0 Å². The van der Waals surface area contributed by atoms with Crippen LogP contribution in [0.1, 0.15) is 73.5 Å². The normalized spacial score (nSPS) is 21.1. The monoisotopic (exact) mass is 487 g/mol. The molecule has 0 bridgehead atoms. The molecule has 2 heterocycles. The molecule has 6 nitrogen and oxygen atoms in total. The summed E-state index contributed by atoms with van der Waals surface area (Å²) in [5.74, 6) is 0.487. The number of nitrogens with one attached hydrogen (secondary N) is 1. The third-order valence-electron chi connectivity index (χ3n) is 7.89. The van der Waals surface area contributed by atoms with E-state index in [9.17, 15) is 9.59 Å². The Balaban J connectivity index is 1.60. The van der Waals surface area contributed by atoms with E-state index in [1.54, 1.807) is 12.0 Å². The van der Waals surface area contributed by atoms with Gasteiger partial charge in [-0.05, 0) is 75.1 Å². The van der Waals surface area contributed by atoms with Crippen LogP contribution in [0.5, 0.6) is 5.75 Å². The van der Waals surface area contributed by atoms with E-state index in [2.05, 4.69) is 11.4 Å². The molecule has 5 rings (SSSR count). The molecule has 1 N–H and O–H groups in total. The van der Waals surface area contributed by atoms with Gasteiger partial charge in [0.15, 0.2) is 0 Å². The van der Waals surface area contributed by atoms with Gasteiger partial charge in [0.1, 0.15) is 17.0 Å². The maximum Gasteiger partial charge on any atom is 0.275 e. The van der Waals surface area contributed by atoms with Crippen LogP contribution in [0.4, 0.5) is 5.69 Å².